The highest BCUT2D eigenvalue weighted by molar-refractivity contribution is 6.03. The summed E-state index contributed by atoms with van der Waals surface area (Å²) in [5, 5.41) is 9.77. The van der Waals surface area contributed by atoms with Crippen molar-refractivity contribution in [2.45, 2.75) is 64.8 Å². The fraction of sp³-hybridized carbons (Fsp3) is 0.611. The Balaban J connectivity index is 2.46. The van der Waals surface area contributed by atoms with E-state index in [2.05, 4.69) is 4.98 Å². The van der Waals surface area contributed by atoms with Gasteiger partial charge in [-0.05, 0) is 38.7 Å². The fourth-order valence-corrected chi connectivity index (χ4v) is 3.88. The van der Waals surface area contributed by atoms with E-state index < -0.39 is 11.5 Å². The van der Waals surface area contributed by atoms with Gasteiger partial charge in [-0.25, -0.2) is 4.79 Å². The molecule has 1 heterocycles. The molecular formula is C18H26N2O4. The van der Waals surface area contributed by atoms with Gasteiger partial charge in [-0.2, -0.15) is 0 Å². The first-order valence-electron chi connectivity index (χ1n) is 8.50. The standard InChI is InChI=1S/C18H26N2O4/c1-5-13-14(12(3)21)11(2)19-15(13)16(22)20(4)18(17(23)24)9-7-6-8-10-18/h19H,5-10H2,1-4H3,(H,23,24). The third kappa shape index (κ3) is 2.85. The van der Waals surface area contributed by atoms with Crippen molar-refractivity contribution in [3.8, 4) is 0 Å². The molecule has 2 N–H and O–H groups in total. The molecule has 1 amide bonds. The van der Waals surface area contributed by atoms with E-state index in [0.717, 1.165) is 19.3 Å². The van der Waals surface area contributed by atoms with Gasteiger partial charge >= 0.3 is 5.97 Å². The van der Waals surface area contributed by atoms with Crippen molar-refractivity contribution in [2.24, 2.45) is 0 Å². The highest BCUT2D eigenvalue weighted by atomic mass is 16.4. The minimum Gasteiger partial charge on any atom is -0.479 e. The summed E-state index contributed by atoms with van der Waals surface area (Å²) in [6, 6.07) is 0. The molecular weight excluding hydrogens is 308 g/mol. The summed E-state index contributed by atoms with van der Waals surface area (Å²) in [7, 11) is 1.56. The van der Waals surface area contributed by atoms with Crippen molar-refractivity contribution in [1.29, 1.82) is 0 Å². The summed E-state index contributed by atoms with van der Waals surface area (Å²) in [6.07, 6.45) is 4.05. The van der Waals surface area contributed by atoms with E-state index in [9.17, 15) is 19.5 Å². The molecule has 1 fully saturated rings. The molecule has 0 saturated heterocycles. The van der Waals surface area contributed by atoms with Gasteiger partial charge in [0.05, 0.1) is 0 Å². The summed E-state index contributed by atoms with van der Waals surface area (Å²) in [6.45, 7) is 5.13. The SMILES string of the molecule is CCc1c(C(=O)N(C)C2(C(=O)O)CCCCC2)[nH]c(C)c1C(C)=O. The van der Waals surface area contributed by atoms with E-state index in [0.29, 0.717) is 41.8 Å². The fourth-order valence-electron chi connectivity index (χ4n) is 3.88. The van der Waals surface area contributed by atoms with Crippen molar-refractivity contribution < 1.29 is 19.5 Å². The van der Waals surface area contributed by atoms with Crippen LogP contribution >= 0.6 is 0 Å². The summed E-state index contributed by atoms with van der Waals surface area (Å²) >= 11 is 0. The number of aliphatic carboxylic acids is 1. The second kappa shape index (κ2) is 6.79. The van der Waals surface area contributed by atoms with Crippen LogP contribution in [0.3, 0.4) is 0 Å². The Morgan fingerprint density at radius 2 is 1.79 bits per heavy atom. The van der Waals surface area contributed by atoms with E-state index in [1.165, 1.54) is 11.8 Å². The van der Waals surface area contributed by atoms with Crippen LogP contribution in [0, 0.1) is 6.92 Å². The van der Waals surface area contributed by atoms with Crippen LogP contribution in [-0.4, -0.2) is 45.2 Å². The molecule has 0 aromatic carbocycles. The van der Waals surface area contributed by atoms with Crippen molar-refractivity contribution in [2.75, 3.05) is 7.05 Å². The first-order chi connectivity index (χ1) is 11.3. The summed E-state index contributed by atoms with van der Waals surface area (Å²) in [5.41, 5.74) is 1.06. The van der Waals surface area contributed by atoms with Crippen LogP contribution in [0.25, 0.3) is 0 Å². The molecule has 132 valence electrons. The first kappa shape index (κ1) is 18.2. The molecule has 1 aliphatic carbocycles. The molecule has 0 spiro atoms. The smallest absolute Gasteiger partial charge is 0.329 e. The minimum atomic E-state index is -1.16. The Hall–Kier alpha value is -2.11. The number of ketones is 1. The average molecular weight is 334 g/mol. The summed E-state index contributed by atoms with van der Waals surface area (Å²) in [4.78, 5) is 41.2. The molecule has 1 aromatic rings. The zero-order valence-electron chi connectivity index (χ0n) is 14.9. The summed E-state index contributed by atoms with van der Waals surface area (Å²) < 4.78 is 0. The maximum atomic E-state index is 13.0. The third-order valence-corrected chi connectivity index (χ3v) is 5.24. The van der Waals surface area contributed by atoms with Gasteiger partial charge in [-0.3, -0.25) is 9.59 Å². The van der Waals surface area contributed by atoms with Gasteiger partial charge in [0.1, 0.15) is 11.2 Å². The Morgan fingerprint density at radius 3 is 2.25 bits per heavy atom. The number of hydrogen-bond acceptors (Lipinski definition) is 3. The number of carbonyl (C=O) groups is 3. The van der Waals surface area contributed by atoms with Gasteiger partial charge in [0.2, 0.25) is 0 Å². The van der Waals surface area contributed by atoms with Gasteiger partial charge in [0.15, 0.2) is 5.78 Å². The predicted molar refractivity (Wildman–Crippen MR) is 90.5 cm³/mol. The van der Waals surface area contributed by atoms with Gasteiger partial charge in [-0.1, -0.05) is 26.2 Å². The lowest BCUT2D eigenvalue weighted by Crippen LogP contribution is -2.56. The van der Waals surface area contributed by atoms with Crippen LogP contribution in [-0.2, 0) is 11.2 Å². The van der Waals surface area contributed by atoms with Gasteiger partial charge in [-0.15, -0.1) is 0 Å². The first-order valence-corrected chi connectivity index (χ1v) is 8.50. The topological polar surface area (TPSA) is 90.5 Å². The molecule has 6 heteroatoms. The number of aromatic nitrogens is 1. The zero-order valence-corrected chi connectivity index (χ0v) is 14.9. The van der Waals surface area contributed by atoms with Gasteiger partial charge in [0, 0.05) is 18.3 Å². The van der Waals surface area contributed by atoms with Crippen molar-refractivity contribution in [3.05, 3.63) is 22.5 Å². The predicted octanol–water partition coefficient (Wildman–Crippen LogP) is 2.95. The number of rotatable bonds is 5. The number of Topliss-reactive ketones (excluding diaryl/α,β-unsaturated/α-hetero) is 1. The second-order valence-electron chi connectivity index (χ2n) is 6.65. The van der Waals surface area contributed by atoms with Crippen molar-refractivity contribution in [3.63, 3.8) is 0 Å². The number of H-pyrrole nitrogens is 1. The summed E-state index contributed by atoms with van der Waals surface area (Å²) in [5.74, 6) is -1.40. The molecule has 0 unspecified atom stereocenters. The molecule has 1 aromatic heterocycles. The lowest BCUT2D eigenvalue weighted by atomic mass is 9.80. The molecule has 1 aliphatic rings. The molecule has 0 bridgehead atoms. The monoisotopic (exact) mass is 334 g/mol. The van der Waals surface area contributed by atoms with E-state index >= 15 is 0 Å². The van der Waals surface area contributed by atoms with E-state index in [1.54, 1.807) is 14.0 Å². The Bertz CT molecular complexity index is 669. The maximum absolute atomic E-state index is 13.0. The average Bonchev–Trinajstić information content (AvgIpc) is 2.90. The van der Waals surface area contributed by atoms with Crippen LogP contribution < -0.4 is 0 Å². The molecule has 0 radical (unpaired) electrons. The maximum Gasteiger partial charge on any atom is 0.329 e. The molecule has 24 heavy (non-hydrogen) atoms. The number of carbonyl (C=O) groups excluding carboxylic acids is 2. The van der Waals surface area contributed by atoms with Crippen LogP contribution in [0.2, 0.25) is 0 Å². The molecule has 1 saturated carbocycles. The number of likely N-dealkylation sites (N-methyl/N-ethyl adjacent to an activating group) is 1. The number of nitrogens with one attached hydrogen (secondary N) is 1. The van der Waals surface area contributed by atoms with Crippen LogP contribution in [0.4, 0.5) is 0 Å². The van der Waals surface area contributed by atoms with Crippen LogP contribution in [0.15, 0.2) is 0 Å². The zero-order chi connectivity index (χ0) is 18.1. The molecule has 0 atom stereocenters. The van der Waals surface area contributed by atoms with E-state index in [1.807, 2.05) is 6.92 Å². The normalized spacial score (nSPS) is 16.7. The minimum absolute atomic E-state index is 0.0899. The van der Waals surface area contributed by atoms with Crippen molar-refractivity contribution >= 4 is 17.7 Å². The van der Waals surface area contributed by atoms with Gasteiger partial charge in [0.25, 0.3) is 5.91 Å². The Morgan fingerprint density at radius 1 is 1.21 bits per heavy atom. The molecule has 2 rings (SSSR count). The van der Waals surface area contributed by atoms with E-state index in [4.69, 9.17) is 0 Å². The van der Waals surface area contributed by atoms with Gasteiger partial charge < -0.3 is 15.0 Å². The Kier molecular flexibility index (Phi) is 5.16. The lowest BCUT2D eigenvalue weighted by Gasteiger charge is -2.40. The number of hydrogen-bond donors (Lipinski definition) is 2. The highest BCUT2D eigenvalue weighted by Gasteiger charge is 2.46. The number of carboxylic acid groups (broad SMARTS) is 1. The van der Waals surface area contributed by atoms with Crippen LogP contribution in [0.1, 0.15) is 78.1 Å². The largest absolute Gasteiger partial charge is 0.479 e. The Labute approximate surface area is 142 Å². The number of amides is 1. The molecule has 0 aliphatic heterocycles. The highest BCUT2D eigenvalue weighted by Crippen LogP contribution is 2.35. The van der Waals surface area contributed by atoms with Crippen molar-refractivity contribution in [1.82, 2.24) is 9.88 Å². The lowest BCUT2D eigenvalue weighted by molar-refractivity contribution is -0.151. The van der Waals surface area contributed by atoms with Crippen LogP contribution in [0.5, 0.6) is 0 Å². The number of carboxylic acids is 1. The number of aromatic amines is 1. The quantitative estimate of drug-likeness (QED) is 0.810. The second-order valence-corrected chi connectivity index (χ2v) is 6.65. The third-order valence-electron chi connectivity index (χ3n) is 5.24. The molecule has 6 nitrogen and oxygen atoms in total. The van der Waals surface area contributed by atoms with E-state index in [-0.39, 0.29) is 11.7 Å². The number of aryl methyl sites for hydroxylation is 1. The number of nitrogens with zero attached hydrogens (tertiary/aromatic N) is 1.